The third kappa shape index (κ3) is 3.92. The van der Waals surface area contributed by atoms with E-state index in [4.69, 9.17) is 16.7 Å². The molecule has 0 saturated heterocycles. The average molecular weight is 306 g/mol. The predicted octanol–water partition coefficient (Wildman–Crippen LogP) is 2.50. The molecule has 0 spiro atoms. The molecule has 4 nitrogen and oxygen atoms in total. The summed E-state index contributed by atoms with van der Waals surface area (Å²) in [6, 6.07) is 4.38. The second-order valence-corrected chi connectivity index (χ2v) is 7.16. The Balaban J connectivity index is 3.06. The Hall–Kier alpha value is -0.620. The number of sulfonamides is 1. The third-order valence-electron chi connectivity index (χ3n) is 3.16. The first-order valence-electron chi connectivity index (χ1n) is 6.18. The highest BCUT2D eigenvalue weighted by atomic mass is 35.5. The number of nitrogens with zero attached hydrogens (tertiary/aromatic N) is 1. The summed E-state index contributed by atoms with van der Waals surface area (Å²) < 4.78 is 26.1. The Labute approximate surface area is 120 Å². The zero-order valence-electron chi connectivity index (χ0n) is 11.4. The number of aliphatic hydroxyl groups excluding tert-OH is 1. The van der Waals surface area contributed by atoms with E-state index in [-0.39, 0.29) is 11.5 Å². The molecule has 1 atom stereocenters. The van der Waals surface area contributed by atoms with E-state index in [9.17, 15) is 8.42 Å². The topological polar surface area (TPSA) is 57.6 Å². The van der Waals surface area contributed by atoms with Gasteiger partial charge in [-0.15, -0.1) is 0 Å². The van der Waals surface area contributed by atoms with Crippen LogP contribution in [0.15, 0.2) is 23.1 Å². The number of rotatable bonds is 6. The van der Waals surface area contributed by atoms with Gasteiger partial charge >= 0.3 is 0 Å². The first-order chi connectivity index (χ1) is 8.82. The molecule has 0 aliphatic rings. The fourth-order valence-electron chi connectivity index (χ4n) is 1.68. The van der Waals surface area contributed by atoms with E-state index in [0.717, 1.165) is 6.42 Å². The SMILES string of the molecule is CCC(C)CN(C)S(=O)(=O)c1ccc(Cl)c(CO)c1. The van der Waals surface area contributed by atoms with Gasteiger partial charge in [-0.1, -0.05) is 31.9 Å². The standard InChI is InChI=1S/C13H20ClNO3S/c1-4-10(2)8-15(3)19(17,18)12-5-6-13(14)11(7-12)9-16/h5-7,10,16H,4,8-9H2,1-3H3. The molecule has 0 radical (unpaired) electrons. The highest BCUT2D eigenvalue weighted by molar-refractivity contribution is 7.89. The Morgan fingerprint density at radius 2 is 2.05 bits per heavy atom. The number of hydrogen-bond donors (Lipinski definition) is 1. The normalized spacial score (nSPS) is 13.8. The quantitative estimate of drug-likeness (QED) is 0.878. The van der Waals surface area contributed by atoms with Crippen LogP contribution in [-0.4, -0.2) is 31.4 Å². The summed E-state index contributed by atoms with van der Waals surface area (Å²) in [6.45, 7) is 4.22. The summed E-state index contributed by atoms with van der Waals surface area (Å²) in [5.41, 5.74) is 0.416. The zero-order chi connectivity index (χ0) is 14.6. The molecule has 19 heavy (non-hydrogen) atoms. The van der Waals surface area contributed by atoms with Crippen molar-refractivity contribution in [2.45, 2.75) is 31.8 Å². The Morgan fingerprint density at radius 3 is 2.58 bits per heavy atom. The number of hydrogen-bond acceptors (Lipinski definition) is 3. The molecule has 1 rings (SSSR count). The molecule has 0 heterocycles. The molecule has 0 aliphatic heterocycles. The lowest BCUT2D eigenvalue weighted by atomic mass is 10.1. The number of halogens is 1. The molecular formula is C13H20ClNO3S. The van der Waals surface area contributed by atoms with E-state index >= 15 is 0 Å². The van der Waals surface area contributed by atoms with Crippen molar-refractivity contribution in [1.29, 1.82) is 0 Å². The van der Waals surface area contributed by atoms with Gasteiger partial charge < -0.3 is 5.11 Å². The lowest BCUT2D eigenvalue weighted by Crippen LogP contribution is -2.31. The van der Waals surface area contributed by atoms with E-state index in [1.165, 1.54) is 22.5 Å². The molecule has 0 fully saturated rings. The van der Waals surface area contributed by atoms with Gasteiger partial charge in [0.15, 0.2) is 0 Å². The van der Waals surface area contributed by atoms with Gasteiger partial charge in [0.1, 0.15) is 0 Å². The molecule has 6 heteroatoms. The van der Waals surface area contributed by atoms with Crippen molar-refractivity contribution in [1.82, 2.24) is 4.31 Å². The van der Waals surface area contributed by atoms with Gasteiger partial charge in [0.2, 0.25) is 10.0 Å². The number of aliphatic hydroxyl groups is 1. The van der Waals surface area contributed by atoms with Gasteiger partial charge in [-0.3, -0.25) is 0 Å². The van der Waals surface area contributed by atoms with Crippen molar-refractivity contribution in [3.05, 3.63) is 28.8 Å². The fraction of sp³-hybridized carbons (Fsp3) is 0.538. The molecule has 0 amide bonds. The van der Waals surface area contributed by atoms with E-state index in [0.29, 0.717) is 23.0 Å². The summed E-state index contributed by atoms with van der Waals surface area (Å²) in [5.74, 6) is 0.296. The third-order valence-corrected chi connectivity index (χ3v) is 5.35. The van der Waals surface area contributed by atoms with Crippen LogP contribution in [0.4, 0.5) is 0 Å². The lowest BCUT2D eigenvalue weighted by Gasteiger charge is -2.20. The highest BCUT2D eigenvalue weighted by Crippen LogP contribution is 2.23. The molecule has 0 aromatic heterocycles. The first kappa shape index (κ1) is 16.4. The Kier molecular flexibility index (Phi) is 5.80. The molecule has 108 valence electrons. The van der Waals surface area contributed by atoms with Crippen molar-refractivity contribution in [3.63, 3.8) is 0 Å². The minimum absolute atomic E-state index is 0.159. The molecule has 1 aromatic carbocycles. The molecule has 1 unspecified atom stereocenters. The van der Waals surface area contributed by atoms with Crippen molar-refractivity contribution < 1.29 is 13.5 Å². The maximum atomic E-state index is 12.4. The van der Waals surface area contributed by atoms with Crippen molar-refractivity contribution in [3.8, 4) is 0 Å². The van der Waals surface area contributed by atoms with Gasteiger partial charge in [0.05, 0.1) is 11.5 Å². The van der Waals surface area contributed by atoms with E-state index in [1.54, 1.807) is 7.05 Å². The smallest absolute Gasteiger partial charge is 0.242 e. The number of benzene rings is 1. The summed E-state index contributed by atoms with van der Waals surface area (Å²) in [6.07, 6.45) is 0.919. The van der Waals surface area contributed by atoms with Crippen LogP contribution in [0.2, 0.25) is 5.02 Å². The zero-order valence-corrected chi connectivity index (χ0v) is 13.0. The van der Waals surface area contributed by atoms with E-state index in [2.05, 4.69) is 0 Å². The van der Waals surface area contributed by atoms with Crippen LogP contribution < -0.4 is 0 Å². The second-order valence-electron chi connectivity index (χ2n) is 4.71. The maximum Gasteiger partial charge on any atom is 0.242 e. The molecule has 0 saturated carbocycles. The first-order valence-corrected chi connectivity index (χ1v) is 8.00. The summed E-state index contributed by atoms with van der Waals surface area (Å²) >= 11 is 5.86. The average Bonchev–Trinajstić information content (AvgIpc) is 2.38. The van der Waals surface area contributed by atoms with Crippen molar-refractivity contribution in [2.75, 3.05) is 13.6 Å². The second kappa shape index (κ2) is 6.70. The minimum atomic E-state index is -3.53. The fourth-order valence-corrected chi connectivity index (χ4v) is 3.20. The van der Waals surface area contributed by atoms with Crippen LogP contribution >= 0.6 is 11.6 Å². The van der Waals surface area contributed by atoms with E-state index < -0.39 is 10.0 Å². The van der Waals surface area contributed by atoms with Crippen molar-refractivity contribution >= 4 is 21.6 Å². The van der Waals surface area contributed by atoms with Crippen LogP contribution in [0.1, 0.15) is 25.8 Å². The van der Waals surface area contributed by atoms with Gasteiger partial charge in [-0.05, 0) is 29.7 Å². The lowest BCUT2D eigenvalue weighted by molar-refractivity contribution is 0.281. The van der Waals surface area contributed by atoms with Gasteiger partial charge in [0.25, 0.3) is 0 Å². The largest absolute Gasteiger partial charge is 0.392 e. The van der Waals surface area contributed by atoms with Gasteiger partial charge in [-0.2, -0.15) is 0 Å². The van der Waals surface area contributed by atoms with Crippen LogP contribution in [0, 0.1) is 5.92 Å². The summed E-state index contributed by atoms with van der Waals surface area (Å²) in [5, 5.41) is 9.50. The molecule has 0 aliphatic carbocycles. The van der Waals surface area contributed by atoms with E-state index in [1.807, 2.05) is 13.8 Å². The highest BCUT2D eigenvalue weighted by Gasteiger charge is 2.22. The molecule has 1 aromatic rings. The van der Waals surface area contributed by atoms with Crippen LogP contribution in [0.25, 0.3) is 0 Å². The molecular weight excluding hydrogens is 286 g/mol. The predicted molar refractivity (Wildman–Crippen MR) is 76.6 cm³/mol. The van der Waals surface area contributed by atoms with Crippen LogP contribution in [0.5, 0.6) is 0 Å². The van der Waals surface area contributed by atoms with Crippen LogP contribution in [0.3, 0.4) is 0 Å². The molecule has 1 N–H and O–H groups in total. The minimum Gasteiger partial charge on any atom is -0.392 e. The van der Waals surface area contributed by atoms with Gasteiger partial charge in [-0.25, -0.2) is 12.7 Å². The molecule has 0 bridgehead atoms. The summed E-state index contributed by atoms with van der Waals surface area (Å²) in [4.78, 5) is 0.159. The maximum absolute atomic E-state index is 12.4. The Morgan fingerprint density at radius 1 is 1.42 bits per heavy atom. The Bertz CT molecular complexity index is 531. The monoisotopic (exact) mass is 305 g/mol. The van der Waals surface area contributed by atoms with Gasteiger partial charge in [0, 0.05) is 18.6 Å². The summed E-state index contributed by atoms with van der Waals surface area (Å²) in [7, 11) is -1.97. The van der Waals surface area contributed by atoms with Crippen LogP contribution in [-0.2, 0) is 16.6 Å². The van der Waals surface area contributed by atoms with Crippen molar-refractivity contribution in [2.24, 2.45) is 5.92 Å².